The largest absolute Gasteiger partial charge is 0.481 e. The SMILES string of the molecule is Cc1cc([N+](=O)[O-])c(Cl)c(S(=O)(=O)NCCC(=O)O)c1. The Morgan fingerprint density at radius 1 is 1.50 bits per heavy atom. The Hall–Kier alpha value is -1.71. The first-order chi connectivity index (χ1) is 9.15. The summed E-state index contributed by atoms with van der Waals surface area (Å²) in [4.78, 5) is 19.9. The number of halogens is 1. The molecule has 0 fully saturated rings. The Labute approximate surface area is 119 Å². The smallest absolute Gasteiger partial charge is 0.304 e. The Morgan fingerprint density at radius 2 is 2.10 bits per heavy atom. The Morgan fingerprint density at radius 3 is 2.60 bits per heavy atom. The minimum absolute atomic E-state index is 0.338. The number of nitro benzene ring substituents is 1. The summed E-state index contributed by atoms with van der Waals surface area (Å²) in [6.45, 7) is 1.15. The van der Waals surface area contributed by atoms with E-state index < -0.39 is 42.9 Å². The first-order valence-corrected chi connectivity index (χ1v) is 7.17. The molecule has 0 aliphatic rings. The van der Waals surface area contributed by atoms with Crippen LogP contribution in [0.25, 0.3) is 0 Å². The van der Waals surface area contributed by atoms with E-state index in [4.69, 9.17) is 16.7 Å². The van der Waals surface area contributed by atoms with Gasteiger partial charge in [0.1, 0.15) is 9.92 Å². The molecule has 0 heterocycles. The van der Waals surface area contributed by atoms with Gasteiger partial charge in [0.15, 0.2) is 0 Å². The fourth-order valence-corrected chi connectivity index (χ4v) is 3.11. The number of hydrogen-bond donors (Lipinski definition) is 2. The third-order valence-electron chi connectivity index (χ3n) is 2.28. The van der Waals surface area contributed by atoms with Gasteiger partial charge >= 0.3 is 5.97 Å². The van der Waals surface area contributed by atoms with Gasteiger partial charge in [-0.1, -0.05) is 11.6 Å². The fourth-order valence-electron chi connectivity index (χ4n) is 1.42. The normalized spacial score (nSPS) is 11.3. The van der Waals surface area contributed by atoms with Gasteiger partial charge in [-0.2, -0.15) is 0 Å². The van der Waals surface area contributed by atoms with Crippen molar-refractivity contribution in [1.29, 1.82) is 0 Å². The standard InChI is InChI=1S/C10H11ClN2O6S/c1-6-4-7(13(16)17)10(11)8(5-6)20(18,19)12-3-2-9(14)15/h4-5,12H,2-3H2,1H3,(H,14,15). The van der Waals surface area contributed by atoms with Crippen molar-refractivity contribution in [1.82, 2.24) is 4.72 Å². The van der Waals surface area contributed by atoms with Crippen molar-refractivity contribution < 1.29 is 23.2 Å². The highest BCUT2D eigenvalue weighted by atomic mass is 35.5. The van der Waals surface area contributed by atoms with Gasteiger partial charge in [0.25, 0.3) is 5.69 Å². The molecule has 0 unspecified atom stereocenters. The first-order valence-electron chi connectivity index (χ1n) is 5.31. The van der Waals surface area contributed by atoms with E-state index in [0.717, 1.165) is 6.07 Å². The Bertz CT molecular complexity index is 658. The van der Waals surface area contributed by atoms with Crippen molar-refractivity contribution in [3.05, 3.63) is 32.8 Å². The fraction of sp³-hybridized carbons (Fsp3) is 0.300. The van der Waals surface area contributed by atoms with E-state index in [1.807, 2.05) is 4.72 Å². The Balaban J connectivity index is 3.18. The number of nitro groups is 1. The van der Waals surface area contributed by atoms with Gasteiger partial charge in [-0.15, -0.1) is 0 Å². The van der Waals surface area contributed by atoms with Gasteiger partial charge in [0.05, 0.1) is 11.3 Å². The molecule has 1 aromatic carbocycles. The molecule has 0 bridgehead atoms. The molecule has 0 amide bonds. The molecule has 1 aromatic rings. The molecular weight excluding hydrogens is 312 g/mol. The third kappa shape index (κ3) is 3.89. The lowest BCUT2D eigenvalue weighted by atomic mass is 10.2. The van der Waals surface area contributed by atoms with Crippen LogP contribution in [0.3, 0.4) is 0 Å². The number of nitrogens with one attached hydrogen (secondary N) is 1. The van der Waals surface area contributed by atoms with Gasteiger partial charge < -0.3 is 5.11 Å². The van der Waals surface area contributed by atoms with Gasteiger partial charge in [-0.05, 0) is 18.6 Å². The summed E-state index contributed by atoms with van der Waals surface area (Å²) in [5.74, 6) is -1.17. The van der Waals surface area contributed by atoms with Crippen LogP contribution in [0.1, 0.15) is 12.0 Å². The van der Waals surface area contributed by atoms with Crippen LogP contribution in [0.2, 0.25) is 5.02 Å². The third-order valence-corrected chi connectivity index (χ3v) is 4.28. The maximum absolute atomic E-state index is 12.0. The summed E-state index contributed by atoms with van der Waals surface area (Å²) < 4.78 is 25.9. The number of rotatable bonds is 6. The minimum Gasteiger partial charge on any atom is -0.481 e. The van der Waals surface area contributed by atoms with Gasteiger partial charge in [0.2, 0.25) is 10.0 Å². The summed E-state index contributed by atoms with van der Waals surface area (Å²) in [6.07, 6.45) is -0.412. The van der Waals surface area contributed by atoms with Crippen molar-refractivity contribution in [3.8, 4) is 0 Å². The lowest BCUT2D eigenvalue weighted by Gasteiger charge is -2.08. The first kappa shape index (κ1) is 16.3. The van der Waals surface area contributed by atoms with Crippen molar-refractivity contribution in [2.24, 2.45) is 0 Å². The molecule has 0 spiro atoms. The maximum Gasteiger partial charge on any atom is 0.304 e. The second-order valence-electron chi connectivity index (χ2n) is 3.89. The van der Waals surface area contributed by atoms with Crippen molar-refractivity contribution >= 4 is 33.3 Å². The average Bonchev–Trinajstić information content (AvgIpc) is 2.30. The van der Waals surface area contributed by atoms with Gasteiger partial charge in [-0.25, -0.2) is 13.1 Å². The van der Waals surface area contributed by atoms with E-state index in [0.29, 0.717) is 5.56 Å². The van der Waals surface area contributed by atoms with Gasteiger partial charge in [0, 0.05) is 12.6 Å². The van der Waals surface area contributed by atoms with Crippen LogP contribution in [-0.2, 0) is 14.8 Å². The quantitative estimate of drug-likeness (QED) is 0.600. The van der Waals surface area contributed by atoms with E-state index in [-0.39, 0.29) is 6.54 Å². The summed E-state index contributed by atoms with van der Waals surface area (Å²) in [5, 5.41) is 18.7. The van der Waals surface area contributed by atoms with Crippen molar-refractivity contribution in [2.75, 3.05) is 6.54 Å². The molecule has 2 N–H and O–H groups in total. The van der Waals surface area contributed by atoms with Crippen LogP contribution < -0.4 is 4.72 Å². The second-order valence-corrected chi connectivity index (χ2v) is 6.01. The molecule has 0 saturated carbocycles. The average molecular weight is 323 g/mol. The molecule has 8 nitrogen and oxygen atoms in total. The molecule has 0 atom stereocenters. The molecule has 0 aromatic heterocycles. The van der Waals surface area contributed by atoms with Gasteiger partial charge in [-0.3, -0.25) is 14.9 Å². The van der Waals surface area contributed by atoms with Crippen LogP contribution >= 0.6 is 11.6 Å². The summed E-state index contributed by atoms with van der Waals surface area (Å²) >= 11 is 5.72. The van der Waals surface area contributed by atoms with E-state index in [1.54, 1.807) is 0 Å². The molecule has 0 aliphatic carbocycles. The zero-order chi connectivity index (χ0) is 15.5. The molecular formula is C10H11ClN2O6S. The summed E-state index contributed by atoms with van der Waals surface area (Å²) in [6, 6.07) is 2.33. The molecule has 20 heavy (non-hydrogen) atoms. The van der Waals surface area contributed by atoms with E-state index in [2.05, 4.69) is 0 Å². The molecule has 10 heteroatoms. The molecule has 1 rings (SSSR count). The number of carbonyl (C=O) groups is 1. The highest BCUT2D eigenvalue weighted by Crippen LogP contribution is 2.32. The van der Waals surface area contributed by atoms with Crippen LogP contribution in [0.5, 0.6) is 0 Å². The number of aryl methyl sites for hydroxylation is 1. The maximum atomic E-state index is 12.0. The number of benzene rings is 1. The molecule has 0 aliphatic heterocycles. The number of sulfonamides is 1. The van der Waals surface area contributed by atoms with E-state index >= 15 is 0 Å². The number of carboxylic acid groups (broad SMARTS) is 1. The minimum atomic E-state index is -4.11. The summed E-state index contributed by atoms with van der Waals surface area (Å²) in [7, 11) is -4.11. The van der Waals surface area contributed by atoms with Crippen LogP contribution in [0, 0.1) is 17.0 Å². The topological polar surface area (TPSA) is 127 Å². The number of hydrogen-bond acceptors (Lipinski definition) is 5. The lowest BCUT2D eigenvalue weighted by molar-refractivity contribution is -0.385. The highest BCUT2D eigenvalue weighted by Gasteiger charge is 2.25. The lowest BCUT2D eigenvalue weighted by Crippen LogP contribution is -2.26. The number of aliphatic carboxylic acids is 1. The zero-order valence-corrected chi connectivity index (χ0v) is 11.9. The summed E-state index contributed by atoms with van der Waals surface area (Å²) in [5.41, 5.74) is -0.176. The monoisotopic (exact) mass is 322 g/mol. The molecule has 0 saturated heterocycles. The predicted molar refractivity (Wildman–Crippen MR) is 70.3 cm³/mol. The van der Waals surface area contributed by atoms with Crippen molar-refractivity contribution in [2.45, 2.75) is 18.2 Å². The number of carboxylic acids is 1. The number of nitrogens with zero attached hydrogens (tertiary/aromatic N) is 1. The van der Waals surface area contributed by atoms with Crippen molar-refractivity contribution in [3.63, 3.8) is 0 Å². The highest BCUT2D eigenvalue weighted by molar-refractivity contribution is 7.89. The zero-order valence-electron chi connectivity index (χ0n) is 10.3. The van der Waals surface area contributed by atoms with Crippen LogP contribution in [-0.4, -0.2) is 31.0 Å². The predicted octanol–water partition coefficient (Wildman–Crippen LogP) is 1.31. The molecule has 110 valence electrons. The van der Waals surface area contributed by atoms with Crippen LogP contribution in [0.15, 0.2) is 17.0 Å². The Kier molecular flexibility index (Phi) is 5.03. The van der Waals surface area contributed by atoms with Crippen LogP contribution in [0.4, 0.5) is 5.69 Å². The van der Waals surface area contributed by atoms with E-state index in [1.165, 1.54) is 13.0 Å². The second kappa shape index (κ2) is 6.16. The molecule has 0 radical (unpaired) electrons. The van der Waals surface area contributed by atoms with E-state index in [9.17, 15) is 23.3 Å².